The number of hydrogen-bond donors (Lipinski definition) is 1. The summed E-state index contributed by atoms with van der Waals surface area (Å²) in [7, 11) is 3.65. The Morgan fingerprint density at radius 2 is 2.48 bits per heavy atom. The highest BCUT2D eigenvalue weighted by Crippen LogP contribution is 2.17. The molecule has 0 aliphatic carbocycles. The SMILES string of the molecule is CN=C(NCC(C)Cc1cccs1)N1CCC(COC)C1. The molecule has 1 saturated heterocycles. The first kappa shape index (κ1) is 16.3. The molecule has 1 N–H and O–H groups in total. The second kappa shape index (κ2) is 8.39. The van der Waals surface area contributed by atoms with Crippen molar-refractivity contribution in [1.82, 2.24) is 10.2 Å². The normalized spacial score (nSPS) is 20.8. The van der Waals surface area contributed by atoms with Gasteiger partial charge >= 0.3 is 0 Å². The summed E-state index contributed by atoms with van der Waals surface area (Å²) in [4.78, 5) is 8.23. The van der Waals surface area contributed by atoms with Crippen molar-refractivity contribution in [1.29, 1.82) is 0 Å². The zero-order valence-electron chi connectivity index (χ0n) is 13.3. The minimum atomic E-state index is 0.609. The number of ether oxygens (including phenoxy) is 1. The summed E-state index contributed by atoms with van der Waals surface area (Å²) in [6.45, 7) is 6.23. The molecule has 2 atom stereocenters. The minimum absolute atomic E-state index is 0.609. The van der Waals surface area contributed by atoms with Gasteiger partial charge in [0, 0.05) is 44.6 Å². The largest absolute Gasteiger partial charge is 0.384 e. The van der Waals surface area contributed by atoms with E-state index < -0.39 is 0 Å². The molecule has 1 aromatic heterocycles. The number of nitrogens with zero attached hydrogens (tertiary/aromatic N) is 2. The van der Waals surface area contributed by atoms with Gasteiger partial charge in [-0.05, 0) is 30.2 Å². The summed E-state index contributed by atoms with van der Waals surface area (Å²) in [5.74, 6) is 2.28. The maximum absolute atomic E-state index is 5.26. The molecule has 2 rings (SSSR count). The first-order chi connectivity index (χ1) is 10.2. The molecular weight excluding hydrogens is 282 g/mol. The van der Waals surface area contributed by atoms with Gasteiger partial charge in [-0.3, -0.25) is 4.99 Å². The lowest BCUT2D eigenvalue weighted by Gasteiger charge is -2.23. The summed E-state index contributed by atoms with van der Waals surface area (Å²) in [5, 5.41) is 5.67. The lowest BCUT2D eigenvalue weighted by Crippen LogP contribution is -2.42. The zero-order chi connectivity index (χ0) is 15.1. The van der Waals surface area contributed by atoms with Crippen LogP contribution in [-0.2, 0) is 11.2 Å². The quantitative estimate of drug-likeness (QED) is 0.648. The number of likely N-dealkylation sites (tertiary alicyclic amines) is 1. The Morgan fingerprint density at radius 1 is 1.62 bits per heavy atom. The molecule has 5 heteroatoms. The number of methoxy groups -OCH3 is 1. The predicted octanol–water partition coefficient (Wildman–Crippen LogP) is 2.47. The Hall–Kier alpha value is -1.07. The van der Waals surface area contributed by atoms with Crippen LogP contribution in [0.15, 0.2) is 22.5 Å². The van der Waals surface area contributed by atoms with Crippen LogP contribution in [0.2, 0.25) is 0 Å². The standard InChI is InChI=1S/C16H27N3OS/c1-13(9-15-5-4-8-21-15)10-18-16(17-2)19-7-6-14(11-19)12-20-3/h4-5,8,13-14H,6-7,9-12H2,1-3H3,(H,17,18). The molecule has 0 spiro atoms. The Bertz CT molecular complexity index is 433. The molecule has 1 aliphatic heterocycles. The molecular formula is C16H27N3OS. The van der Waals surface area contributed by atoms with Gasteiger partial charge < -0.3 is 15.0 Å². The lowest BCUT2D eigenvalue weighted by atomic mass is 10.1. The molecule has 1 aromatic rings. The van der Waals surface area contributed by atoms with Crippen molar-refractivity contribution in [2.24, 2.45) is 16.8 Å². The maximum atomic E-state index is 5.26. The molecule has 21 heavy (non-hydrogen) atoms. The van der Waals surface area contributed by atoms with E-state index in [1.807, 2.05) is 18.4 Å². The molecule has 0 bridgehead atoms. The molecule has 118 valence electrons. The van der Waals surface area contributed by atoms with Crippen LogP contribution >= 0.6 is 11.3 Å². The molecule has 4 nitrogen and oxygen atoms in total. The van der Waals surface area contributed by atoms with Gasteiger partial charge in [-0.15, -0.1) is 11.3 Å². The average molecular weight is 309 g/mol. The van der Waals surface area contributed by atoms with Gasteiger partial charge in [0.15, 0.2) is 5.96 Å². The van der Waals surface area contributed by atoms with Crippen LogP contribution in [0.3, 0.4) is 0 Å². The highest BCUT2D eigenvalue weighted by atomic mass is 32.1. The van der Waals surface area contributed by atoms with Crippen molar-refractivity contribution in [3.8, 4) is 0 Å². The van der Waals surface area contributed by atoms with Crippen molar-refractivity contribution in [3.63, 3.8) is 0 Å². The van der Waals surface area contributed by atoms with E-state index in [4.69, 9.17) is 4.74 Å². The summed E-state index contributed by atoms with van der Waals surface area (Å²) in [6.07, 6.45) is 2.33. The van der Waals surface area contributed by atoms with Crippen LogP contribution in [0, 0.1) is 11.8 Å². The monoisotopic (exact) mass is 309 g/mol. The molecule has 1 fully saturated rings. The van der Waals surface area contributed by atoms with Crippen molar-refractivity contribution >= 4 is 17.3 Å². The van der Waals surface area contributed by atoms with Crippen LogP contribution < -0.4 is 5.32 Å². The van der Waals surface area contributed by atoms with Crippen LogP contribution in [0.1, 0.15) is 18.2 Å². The first-order valence-electron chi connectivity index (χ1n) is 7.69. The highest BCUT2D eigenvalue weighted by molar-refractivity contribution is 7.09. The fraction of sp³-hybridized carbons (Fsp3) is 0.688. The van der Waals surface area contributed by atoms with Gasteiger partial charge in [0.2, 0.25) is 0 Å². The number of guanidine groups is 1. The fourth-order valence-corrected chi connectivity index (χ4v) is 3.71. The van der Waals surface area contributed by atoms with Crippen molar-refractivity contribution in [2.45, 2.75) is 19.8 Å². The predicted molar refractivity (Wildman–Crippen MR) is 90.1 cm³/mol. The molecule has 0 saturated carbocycles. The van der Waals surface area contributed by atoms with Gasteiger partial charge in [0.05, 0.1) is 6.61 Å². The smallest absolute Gasteiger partial charge is 0.193 e. The van der Waals surface area contributed by atoms with Gasteiger partial charge in [0.1, 0.15) is 0 Å². The van der Waals surface area contributed by atoms with Crippen molar-refractivity contribution in [2.75, 3.05) is 40.4 Å². The molecule has 0 aromatic carbocycles. The van der Waals surface area contributed by atoms with E-state index in [0.717, 1.165) is 38.6 Å². The summed E-state index contributed by atoms with van der Waals surface area (Å²) in [6, 6.07) is 4.34. The van der Waals surface area contributed by atoms with E-state index in [0.29, 0.717) is 11.8 Å². The lowest BCUT2D eigenvalue weighted by molar-refractivity contribution is 0.157. The van der Waals surface area contributed by atoms with Crippen molar-refractivity contribution < 1.29 is 4.74 Å². The Balaban J connectivity index is 1.75. The number of hydrogen-bond acceptors (Lipinski definition) is 3. The molecule has 0 radical (unpaired) electrons. The summed E-state index contributed by atoms with van der Waals surface area (Å²) >= 11 is 1.84. The topological polar surface area (TPSA) is 36.9 Å². The number of aliphatic imine (C=N–C) groups is 1. The number of thiophene rings is 1. The first-order valence-corrected chi connectivity index (χ1v) is 8.57. The van der Waals surface area contributed by atoms with E-state index >= 15 is 0 Å². The second-order valence-electron chi connectivity index (χ2n) is 5.87. The van der Waals surface area contributed by atoms with Crippen LogP contribution in [0.4, 0.5) is 0 Å². The van der Waals surface area contributed by atoms with Gasteiger partial charge in [0.25, 0.3) is 0 Å². The van der Waals surface area contributed by atoms with E-state index in [1.165, 1.54) is 11.3 Å². The van der Waals surface area contributed by atoms with Crippen molar-refractivity contribution in [3.05, 3.63) is 22.4 Å². The molecule has 2 unspecified atom stereocenters. The van der Waals surface area contributed by atoms with Gasteiger partial charge in [-0.2, -0.15) is 0 Å². The third-order valence-corrected chi connectivity index (χ3v) is 4.84. The third kappa shape index (κ3) is 5.00. The van der Waals surface area contributed by atoms with Crippen LogP contribution in [0.5, 0.6) is 0 Å². The summed E-state index contributed by atoms with van der Waals surface area (Å²) < 4.78 is 5.26. The van der Waals surface area contributed by atoms with E-state index in [2.05, 4.69) is 39.6 Å². The average Bonchev–Trinajstić information content (AvgIpc) is 3.12. The summed E-state index contributed by atoms with van der Waals surface area (Å²) in [5.41, 5.74) is 0. The second-order valence-corrected chi connectivity index (χ2v) is 6.91. The van der Waals surface area contributed by atoms with Gasteiger partial charge in [-0.25, -0.2) is 0 Å². The van der Waals surface area contributed by atoms with E-state index in [1.54, 1.807) is 7.11 Å². The minimum Gasteiger partial charge on any atom is -0.384 e. The Labute approximate surface area is 132 Å². The highest BCUT2D eigenvalue weighted by Gasteiger charge is 2.24. The van der Waals surface area contributed by atoms with E-state index in [9.17, 15) is 0 Å². The third-order valence-electron chi connectivity index (χ3n) is 3.94. The maximum Gasteiger partial charge on any atom is 0.193 e. The Kier molecular flexibility index (Phi) is 6.51. The molecule has 0 amide bonds. The Morgan fingerprint density at radius 3 is 3.14 bits per heavy atom. The van der Waals surface area contributed by atoms with Crippen LogP contribution in [0.25, 0.3) is 0 Å². The fourth-order valence-electron chi connectivity index (χ4n) is 2.84. The van der Waals surface area contributed by atoms with Crippen LogP contribution in [-0.4, -0.2) is 51.3 Å². The molecule has 1 aliphatic rings. The van der Waals surface area contributed by atoms with Gasteiger partial charge in [-0.1, -0.05) is 13.0 Å². The molecule has 2 heterocycles. The zero-order valence-corrected chi connectivity index (χ0v) is 14.2. The number of rotatable bonds is 6. The number of nitrogens with one attached hydrogen (secondary N) is 1. The van der Waals surface area contributed by atoms with E-state index in [-0.39, 0.29) is 0 Å².